The second-order valence-electron chi connectivity index (χ2n) is 7.48. The predicted octanol–water partition coefficient (Wildman–Crippen LogP) is 3.69. The van der Waals surface area contributed by atoms with Crippen molar-refractivity contribution in [2.75, 3.05) is 17.6 Å². The average molecular weight is 428 g/mol. The number of nitrogens with one attached hydrogen (secondary N) is 1. The van der Waals surface area contributed by atoms with Gasteiger partial charge in [-0.15, -0.1) is 0 Å². The Morgan fingerprint density at radius 1 is 1.17 bits per heavy atom. The van der Waals surface area contributed by atoms with Crippen molar-refractivity contribution >= 4 is 33.0 Å². The number of anilines is 1. The van der Waals surface area contributed by atoms with E-state index in [4.69, 9.17) is 4.74 Å². The fraction of sp³-hybridized carbons (Fsp3) is 0.304. The fourth-order valence-electron chi connectivity index (χ4n) is 3.71. The van der Waals surface area contributed by atoms with Gasteiger partial charge in [0.05, 0.1) is 12.9 Å². The highest BCUT2D eigenvalue weighted by Crippen LogP contribution is 2.40. The molecule has 3 rings (SSSR count). The van der Waals surface area contributed by atoms with Crippen molar-refractivity contribution in [3.05, 3.63) is 71.3 Å². The third kappa shape index (κ3) is 5.16. The highest BCUT2D eigenvalue weighted by atomic mass is 32.2. The summed E-state index contributed by atoms with van der Waals surface area (Å²) in [4.78, 5) is 25.5. The van der Waals surface area contributed by atoms with Gasteiger partial charge in [0.15, 0.2) is 5.78 Å². The van der Waals surface area contributed by atoms with Crippen LogP contribution in [0.15, 0.2) is 54.6 Å². The molecule has 0 amide bonds. The van der Waals surface area contributed by atoms with Gasteiger partial charge in [0.1, 0.15) is 5.92 Å². The van der Waals surface area contributed by atoms with Crippen LogP contribution in [0.5, 0.6) is 0 Å². The largest absolute Gasteiger partial charge is 0.465 e. The molecule has 2 aromatic rings. The van der Waals surface area contributed by atoms with Crippen molar-refractivity contribution in [2.45, 2.75) is 26.2 Å². The molecule has 1 N–H and O–H groups in total. The Morgan fingerprint density at radius 2 is 1.87 bits per heavy atom. The van der Waals surface area contributed by atoms with Gasteiger partial charge in [0.25, 0.3) is 0 Å². The Kier molecular flexibility index (Phi) is 6.41. The Bertz CT molecular complexity index is 1090. The third-order valence-electron chi connectivity index (χ3n) is 5.05. The molecule has 158 valence electrons. The predicted molar refractivity (Wildman–Crippen MR) is 117 cm³/mol. The van der Waals surface area contributed by atoms with Crippen molar-refractivity contribution in [2.24, 2.45) is 5.92 Å². The van der Waals surface area contributed by atoms with E-state index in [9.17, 15) is 18.0 Å². The summed E-state index contributed by atoms with van der Waals surface area (Å²) >= 11 is 0. The lowest BCUT2D eigenvalue weighted by atomic mass is 9.73. The number of carbonyl (C=O) groups is 2. The summed E-state index contributed by atoms with van der Waals surface area (Å²) in [5.41, 5.74) is 3.88. The Morgan fingerprint density at radius 3 is 2.50 bits per heavy atom. The van der Waals surface area contributed by atoms with E-state index >= 15 is 0 Å². The van der Waals surface area contributed by atoms with Gasteiger partial charge in [-0.25, -0.2) is 8.42 Å². The van der Waals surface area contributed by atoms with Crippen molar-refractivity contribution in [3.8, 4) is 0 Å². The highest BCUT2D eigenvalue weighted by molar-refractivity contribution is 7.92. The van der Waals surface area contributed by atoms with Crippen LogP contribution in [-0.4, -0.2) is 33.0 Å². The molecule has 0 saturated heterocycles. The number of sulfonamides is 1. The standard InChI is InChI=1S/C23H25NO5S/c1-4-29-23(26)22-20(16-10-8-15(2)9-11-16)13-18(14-21(22)25)17-6-5-7-19(12-17)24-30(3,27)28/h5-12,14,20,22,24H,4,13H2,1-3H3/t20-,22-/m1/s1. The Hall–Kier alpha value is -2.93. The number of allylic oxidation sites excluding steroid dienone is 2. The summed E-state index contributed by atoms with van der Waals surface area (Å²) in [6.07, 6.45) is 3.02. The van der Waals surface area contributed by atoms with Gasteiger partial charge in [0.2, 0.25) is 10.0 Å². The molecule has 1 aliphatic carbocycles. The lowest BCUT2D eigenvalue weighted by molar-refractivity contribution is -0.151. The smallest absolute Gasteiger partial charge is 0.317 e. The number of benzene rings is 2. The first-order valence-corrected chi connectivity index (χ1v) is 11.6. The van der Waals surface area contributed by atoms with Gasteiger partial charge in [-0.1, -0.05) is 42.0 Å². The fourth-order valence-corrected chi connectivity index (χ4v) is 4.26. The van der Waals surface area contributed by atoms with E-state index in [0.717, 1.165) is 28.5 Å². The van der Waals surface area contributed by atoms with Crippen molar-refractivity contribution < 1.29 is 22.7 Å². The maximum atomic E-state index is 13.0. The zero-order chi connectivity index (χ0) is 21.9. The summed E-state index contributed by atoms with van der Waals surface area (Å²) in [7, 11) is -3.42. The minimum Gasteiger partial charge on any atom is -0.465 e. The molecule has 0 heterocycles. The quantitative estimate of drug-likeness (QED) is 0.561. The van der Waals surface area contributed by atoms with E-state index in [0.29, 0.717) is 12.1 Å². The van der Waals surface area contributed by atoms with Crippen LogP contribution < -0.4 is 4.72 Å². The minimum absolute atomic E-state index is 0.207. The van der Waals surface area contributed by atoms with Crippen LogP contribution in [0.4, 0.5) is 5.69 Å². The number of ether oxygens (including phenoxy) is 1. The minimum atomic E-state index is -3.42. The van der Waals surface area contributed by atoms with Gasteiger partial charge < -0.3 is 4.74 Å². The number of ketones is 1. The van der Waals surface area contributed by atoms with E-state index in [1.807, 2.05) is 37.3 Å². The van der Waals surface area contributed by atoms with Gasteiger partial charge in [-0.2, -0.15) is 0 Å². The molecule has 0 fully saturated rings. The summed E-state index contributed by atoms with van der Waals surface area (Å²) < 4.78 is 30.7. The maximum Gasteiger partial charge on any atom is 0.317 e. The number of rotatable bonds is 6. The molecule has 0 aliphatic heterocycles. The SMILES string of the molecule is CCOC(=O)[C@H]1C(=O)C=C(c2cccc(NS(C)(=O)=O)c2)C[C@@H]1c1ccc(C)cc1. The molecule has 0 aromatic heterocycles. The molecule has 0 radical (unpaired) electrons. The molecule has 7 heteroatoms. The van der Waals surface area contributed by atoms with Gasteiger partial charge in [-0.05, 0) is 55.2 Å². The molecule has 0 saturated carbocycles. The highest BCUT2D eigenvalue weighted by Gasteiger charge is 2.39. The lowest BCUT2D eigenvalue weighted by Crippen LogP contribution is -2.34. The summed E-state index contributed by atoms with van der Waals surface area (Å²) in [6, 6.07) is 14.7. The molecule has 30 heavy (non-hydrogen) atoms. The number of hydrogen-bond donors (Lipinski definition) is 1. The number of aryl methyl sites for hydroxylation is 1. The van der Waals surface area contributed by atoms with Crippen LogP contribution in [0.3, 0.4) is 0 Å². The van der Waals surface area contributed by atoms with E-state index in [2.05, 4.69) is 4.72 Å². The molecule has 0 spiro atoms. The average Bonchev–Trinajstić information content (AvgIpc) is 2.67. The number of carbonyl (C=O) groups excluding carboxylic acids is 2. The zero-order valence-corrected chi connectivity index (χ0v) is 18.0. The maximum absolute atomic E-state index is 13.0. The molecule has 0 unspecified atom stereocenters. The molecular weight excluding hydrogens is 402 g/mol. The molecule has 0 bridgehead atoms. The van der Waals surface area contributed by atoms with E-state index < -0.39 is 21.9 Å². The first-order chi connectivity index (χ1) is 14.2. The van der Waals surface area contributed by atoms with E-state index in [1.54, 1.807) is 25.1 Å². The van der Waals surface area contributed by atoms with Crippen molar-refractivity contribution in [1.29, 1.82) is 0 Å². The van der Waals surface area contributed by atoms with Crippen LogP contribution in [0.25, 0.3) is 5.57 Å². The van der Waals surface area contributed by atoms with Gasteiger partial charge in [0, 0.05) is 11.6 Å². The second kappa shape index (κ2) is 8.83. The first-order valence-electron chi connectivity index (χ1n) is 9.74. The number of hydrogen-bond acceptors (Lipinski definition) is 5. The molecule has 2 atom stereocenters. The molecule has 2 aromatic carbocycles. The van der Waals surface area contributed by atoms with Crippen LogP contribution in [0, 0.1) is 12.8 Å². The van der Waals surface area contributed by atoms with Crippen molar-refractivity contribution in [1.82, 2.24) is 0 Å². The van der Waals surface area contributed by atoms with Crippen LogP contribution >= 0.6 is 0 Å². The van der Waals surface area contributed by atoms with E-state index in [-0.39, 0.29) is 18.3 Å². The van der Waals surface area contributed by atoms with Gasteiger partial charge >= 0.3 is 5.97 Å². The molecule has 6 nitrogen and oxygen atoms in total. The zero-order valence-electron chi connectivity index (χ0n) is 17.2. The summed E-state index contributed by atoms with van der Waals surface area (Å²) in [5.74, 6) is -2.07. The summed E-state index contributed by atoms with van der Waals surface area (Å²) in [5, 5.41) is 0. The van der Waals surface area contributed by atoms with Crippen molar-refractivity contribution in [3.63, 3.8) is 0 Å². The van der Waals surface area contributed by atoms with Gasteiger partial charge in [-0.3, -0.25) is 14.3 Å². The van der Waals surface area contributed by atoms with Crippen LogP contribution in [0.2, 0.25) is 0 Å². The lowest BCUT2D eigenvalue weighted by Gasteiger charge is -2.29. The molecular formula is C23H25NO5S. The third-order valence-corrected chi connectivity index (χ3v) is 5.65. The monoisotopic (exact) mass is 427 g/mol. The Labute approximate surface area is 177 Å². The topological polar surface area (TPSA) is 89.5 Å². The molecule has 1 aliphatic rings. The Balaban J connectivity index is 2.00. The first kappa shape index (κ1) is 21.8. The second-order valence-corrected chi connectivity index (χ2v) is 9.23. The number of esters is 1. The summed E-state index contributed by atoms with van der Waals surface area (Å²) in [6.45, 7) is 3.90. The normalized spacial score (nSPS) is 19.2. The van der Waals surface area contributed by atoms with Crippen LogP contribution in [-0.2, 0) is 24.3 Å². The van der Waals surface area contributed by atoms with E-state index in [1.165, 1.54) is 6.08 Å². The van der Waals surface area contributed by atoms with Crippen LogP contribution in [0.1, 0.15) is 36.0 Å².